The molecule has 3 aliphatic carbocycles. The minimum Gasteiger partial charge on any atom is -0.465 e. The number of allylic oxidation sites excluding steroid dienone is 9. The minimum atomic E-state index is -0.632. The van der Waals surface area contributed by atoms with Gasteiger partial charge in [0.25, 0.3) is 0 Å². The number of hydrogen-bond donors (Lipinski definition) is 0. The zero-order valence-electron chi connectivity index (χ0n) is 12.6. The third-order valence-electron chi connectivity index (χ3n) is 4.59. The Morgan fingerprint density at radius 3 is 1.59 bits per heavy atom. The van der Waals surface area contributed by atoms with Crippen LogP contribution in [0.1, 0.15) is 0 Å². The molecule has 0 amide bonds. The first-order valence-corrected chi connectivity index (χ1v) is 7.29. The highest BCUT2D eigenvalue weighted by atomic mass is 16.5. The molecular weight excluding hydrogens is 280 g/mol. The van der Waals surface area contributed by atoms with Crippen molar-refractivity contribution < 1.29 is 19.1 Å². The van der Waals surface area contributed by atoms with E-state index in [2.05, 4.69) is 12.2 Å². The Balaban J connectivity index is 2.18. The van der Waals surface area contributed by atoms with E-state index in [0.717, 1.165) is 5.57 Å². The number of methoxy groups -OCH3 is 2. The average Bonchev–Trinajstić information content (AvgIpc) is 2.90. The molecule has 0 aromatic heterocycles. The summed E-state index contributed by atoms with van der Waals surface area (Å²) in [5, 5.41) is 0. The molecule has 4 nitrogen and oxygen atoms in total. The van der Waals surface area contributed by atoms with Gasteiger partial charge in [0.2, 0.25) is 0 Å². The van der Waals surface area contributed by atoms with Gasteiger partial charge in [-0.25, -0.2) is 9.59 Å². The van der Waals surface area contributed by atoms with Crippen LogP contribution >= 0.6 is 0 Å². The van der Waals surface area contributed by atoms with Gasteiger partial charge in [0, 0.05) is 11.8 Å². The summed E-state index contributed by atoms with van der Waals surface area (Å²) in [5.74, 6) is -0.744. The van der Waals surface area contributed by atoms with E-state index in [0.29, 0.717) is 0 Å². The molecule has 0 aromatic carbocycles. The lowest BCUT2D eigenvalue weighted by molar-refractivity contribution is -0.144. The van der Waals surface area contributed by atoms with Crippen LogP contribution < -0.4 is 0 Å². The lowest BCUT2D eigenvalue weighted by atomic mass is 9.83. The maximum atomic E-state index is 12.2. The standard InChI is InChI=1S/C18H18O4/c1-21-17(19)16(18(20)22-2)15-13-9-5-3-7-11(13)12-8-4-6-10-14(12)15/h3-14H,1-2H3. The van der Waals surface area contributed by atoms with Gasteiger partial charge in [0.15, 0.2) is 0 Å². The van der Waals surface area contributed by atoms with Crippen LogP contribution in [0.25, 0.3) is 0 Å². The van der Waals surface area contributed by atoms with Gasteiger partial charge in [-0.3, -0.25) is 0 Å². The van der Waals surface area contributed by atoms with Crippen molar-refractivity contribution in [2.45, 2.75) is 0 Å². The topological polar surface area (TPSA) is 52.6 Å². The summed E-state index contributed by atoms with van der Waals surface area (Å²) in [6.45, 7) is 0. The van der Waals surface area contributed by atoms with Gasteiger partial charge in [-0.15, -0.1) is 0 Å². The molecule has 114 valence electrons. The van der Waals surface area contributed by atoms with Crippen molar-refractivity contribution in [1.82, 2.24) is 0 Å². The zero-order chi connectivity index (χ0) is 15.7. The number of rotatable bonds is 2. The molecule has 22 heavy (non-hydrogen) atoms. The predicted molar refractivity (Wildman–Crippen MR) is 81.6 cm³/mol. The highest BCUT2D eigenvalue weighted by molar-refractivity contribution is 6.15. The number of esters is 2. The lowest BCUT2D eigenvalue weighted by Crippen LogP contribution is -2.22. The summed E-state index contributed by atoms with van der Waals surface area (Å²) in [4.78, 5) is 24.4. The summed E-state index contributed by atoms with van der Waals surface area (Å²) < 4.78 is 9.65. The average molecular weight is 298 g/mol. The normalized spacial score (nSPS) is 30.7. The van der Waals surface area contributed by atoms with Crippen LogP contribution in [0.15, 0.2) is 59.8 Å². The van der Waals surface area contributed by atoms with E-state index >= 15 is 0 Å². The highest BCUT2D eigenvalue weighted by Gasteiger charge is 2.47. The fraction of sp³-hybridized carbons (Fsp3) is 0.333. The maximum absolute atomic E-state index is 12.2. The molecule has 0 spiro atoms. The van der Waals surface area contributed by atoms with Crippen molar-refractivity contribution in [2.24, 2.45) is 23.7 Å². The summed E-state index contributed by atoms with van der Waals surface area (Å²) in [6.07, 6.45) is 16.3. The van der Waals surface area contributed by atoms with Crippen molar-refractivity contribution in [3.8, 4) is 0 Å². The first kappa shape index (κ1) is 14.6. The lowest BCUT2D eigenvalue weighted by Gasteiger charge is -2.21. The largest absolute Gasteiger partial charge is 0.465 e. The monoisotopic (exact) mass is 298 g/mol. The molecule has 4 unspecified atom stereocenters. The number of hydrogen-bond acceptors (Lipinski definition) is 4. The number of carbonyl (C=O) groups excluding carboxylic acids is 2. The molecule has 1 saturated carbocycles. The van der Waals surface area contributed by atoms with E-state index < -0.39 is 11.9 Å². The first-order valence-electron chi connectivity index (χ1n) is 7.29. The second-order valence-corrected chi connectivity index (χ2v) is 5.56. The molecule has 4 heteroatoms. The van der Waals surface area contributed by atoms with E-state index in [-0.39, 0.29) is 29.2 Å². The van der Waals surface area contributed by atoms with Crippen LogP contribution in [0.5, 0.6) is 0 Å². The van der Waals surface area contributed by atoms with Crippen LogP contribution in [0.3, 0.4) is 0 Å². The predicted octanol–water partition coefficient (Wildman–Crippen LogP) is 2.36. The Hall–Kier alpha value is -2.36. The Morgan fingerprint density at radius 1 is 0.773 bits per heavy atom. The fourth-order valence-corrected chi connectivity index (χ4v) is 3.68. The molecular formula is C18H18O4. The maximum Gasteiger partial charge on any atom is 0.345 e. The molecule has 0 aromatic rings. The summed E-state index contributed by atoms with van der Waals surface area (Å²) >= 11 is 0. The fourth-order valence-electron chi connectivity index (χ4n) is 3.68. The van der Waals surface area contributed by atoms with Gasteiger partial charge in [-0.2, -0.15) is 0 Å². The van der Waals surface area contributed by atoms with Crippen molar-refractivity contribution in [2.75, 3.05) is 14.2 Å². The second-order valence-electron chi connectivity index (χ2n) is 5.56. The summed E-state index contributed by atoms with van der Waals surface area (Å²) in [6, 6.07) is 0. The molecule has 0 heterocycles. The Bertz CT molecular complexity index is 594. The van der Waals surface area contributed by atoms with Crippen LogP contribution in [0.4, 0.5) is 0 Å². The van der Waals surface area contributed by atoms with E-state index in [4.69, 9.17) is 9.47 Å². The van der Waals surface area contributed by atoms with Crippen molar-refractivity contribution in [3.05, 3.63) is 59.8 Å². The third kappa shape index (κ3) is 2.15. The molecule has 1 fully saturated rings. The first-order chi connectivity index (χ1) is 10.7. The van der Waals surface area contributed by atoms with E-state index in [1.807, 2.05) is 36.5 Å². The Labute approximate surface area is 129 Å². The van der Waals surface area contributed by atoms with Crippen LogP contribution in [-0.2, 0) is 19.1 Å². The second kappa shape index (κ2) is 5.79. The molecule has 0 N–H and O–H groups in total. The van der Waals surface area contributed by atoms with Gasteiger partial charge < -0.3 is 9.47 Å². The van der Waals surface area contributed by atoms with Gasteiger partial charge in [0.1, 0.15) is 5.57 Å². The number of ether oxygens (including phenoxy) is 2. The minimum absolute atomic E-state index is 0.0144. The van der Waals surface area contributed by atoms with Crippen molar-refractivity contribution >= 4 is 11.9 Å². The van der Waals surface area contributed by atoms with Crippen molar-refractivity contribution in [3.63, 3.8) is 0 Å². The van der Waals surface area contributed by atoms with Gasteiger partial charge in [-0.1, -0.05) is 48.6 Å². The highest BCUT2D eigenvalue weighted by Crippen LogP contribution is 2.52. The van der Waals surface area contributed by atoms with Crippen molar-refractivity contribution in [1.29, 1.82) is 0 Å². The Kier molecular flexibility index (Phi) is 3.84. The number of fused-ring (bicyclic) bond motifs is 3. The van der Waals surface area contributed by atoms with Gasteiger partial charge >= 0.3 is 11.9 Å². The Morgan fingerprint density at radius 2 is 1.18 bits per heavy atom. The van der Waals surface area contributed by atoms with E-state index in [1.54, 1.807) is 0 Å². The SMILES string of the molecule is COC(=O)C(C(=O)OC)=C1C2C=CC=CC2C2C=CC=CC12. The van der Waals surface area contributed by atoms with Gasteiger partial charge in [-0.05, 0) is 17.4 Å². The summed E-state index contributed by atoms with van der Waals surface area (Å²) in [5.41, 5.74) is 0.835. The number of carbonyl (C=O) groups is 2. The molecule has 0 bridgehead atoms. The third-order valence-corrected chi connectivity index (χ3v) is 4.59. The molecule has 0 saturated heterocycles. The van der Waals surface area contributed by atoms with E-state index in [1.165, 1.54) is 14.2 Å². The quantitative estimate of drug-likeness (QED) is 0.340. The van der Waals surface area contributed by atoms with E-state index in [9.17, 15) is 9.59 Å². The van der Waals surface area contributed by atoms with Crippen LogP contribution in [0, 0.1) is 23.7 Å². The smallest absolute Gasteiger partial charge is 0.345 e. The van der Waals surface area contributed by atoms with Gasteiger partial charge in [0.05, 0.1) is 14.2 Å². The summed E-state index contributed by atoms with van der Waals surface area (Å²) in [7, 11) is 2.56. The molecule has 4 atom stereocenters. The molecule has 0 aliphatic heterocycles. The van der Waals surface area contributed by atoms with Crippen LogP contribution in [-0.4, -0.2) is 26.2 Å². The molecule has 0 radical (unpaired) electrons. The van der Waals surface area contributed by atoms with Crippen LogP contribution in [0.2, 0.25) is 0 Å². The zero-order valence-corrected chi connectivity index (χ0v) is 12.6. The molecule has 3 rings (SSSR count). The molecule has 3 aliphatic rings.